The highest BCUT2D eigenvalue weighted by molar-refractivity contribution is 8.03. The van der Waals surface area contributed by atoms with Gasteiger partial charge < -0.3 is 4.90 Å². The Bertz CT molecular complexity index is 586. The predicted molar refractivity (Wildman–Crippen MR) is 90.0 cm³/mol. The monoisotopic (exact) mass is 339 g/mol. The second kappa shape index (κ2) is 7.82. The van der Waals surface area contributed by atoms with Crippen LogP contribution in [-0.2, 0) is 4.79 Å². The Hall–Kier alpha value is -1.05. The van der Waals surface area contributed by atoms with Crippen LogP contribution in [0.4, 0.5) is 0 Å². The Balaban J connectivity index is 2.21. The third-order valence-electron chi connectivity index (χ3n) is 2.64. The molecule has 0 saturated heterocycles. The van der Waals surface area contributed by atoms with Crippen molar-refractivity contribution in [3.8, 4) is 0 Å². The van der Waals surface area contributed by atoms with Crippen LogP contribution in [-0.4, -0.2) is 40.9 Å². The number of carbonyl (C=O) groups excluding carboxylic acids is 1. The summed E-state index contributed by atoms with van der Waals surface area (Å²) in [7, 11) is 3.55. The molecule has 4 nitrogen and oxygen atoms in total. The number of benzene rings is 1. The van der Waals surface area contributed by atoms with Gasteiger partial charge in [-0.1, -0.05) is 72.1 Å². The van der Waals surface area contributed by atoms with Gasteiger partial charge in [-0.3, -0.25) is 4.79 Å². The van der Waals surface area contributed by atoms with Crippen LogP contribution >= 0.6 is 34.9 Å². The van der Waals surface area contributed by atoms with Crippen LogP contribution in [0.5, 0.6) is 0 Å². The third-order valence-corrected chi connectivity index (χ3v) is 5.91. The molecule has 7 heteroatoms. The van der Waals surface area contributed by atoms with Crippen LogP contribution in [0.2, 0.25) is 0 Å². The average molecular weight is 340 g/mol. The van der Waals surface area contributed by atoms with Crippen molar-refractivity contribution < 1.29 is 4.79 Å². The Morgan fingerprint density at radius 1 is 1.24 bits per heavy atom. The maximum Gasteiger partial charge on any atom is 0.240 e. The predicted octanol–water partition coefficient (Wildman–Crippen LogP) is 3.57. The van der Waals surface area contributed by atoms with E-state index in [2.05, 4.69) is 17.1 Å². The summed E-state index contributed by atoms with van der Waals surface area (Å²) in [6, 6.07) is 9.80. The van der Waals surface area contributed by atoms with E-state index in [1.54, 1.807) is 42.1 Å². The first-order valence-corrected chi connectivity index (χ1v) is 9.19. The molecular formula is C14H17N3OS3. The van der Waals surface area contributed by atoms with Gasteiger partial charge in [0.2, 0.25) is 5.91 Å². The van der Waals surface area contributed by atoms with E-state index in [9.17, 15) is 4.79 Å². The molecule has 0 spiro atoms. The molecule has 0 aliphatic rings. The minimum atomic E-state index is -0.284. The van der Waals surface area contributed by atoms with Crippen molar-refractivity contribution in [2.45, 2.75) is 20.9 Å². The summed E-state index contributed by atoms with van der Waals surface area (Å²) >= 11 is 4.68. The number of carbonyl (C=O) groups is 1. The molecule has 1 unspecified atom stereocenters. The molecule has 0 N–H and O–H groups in total. The Morgan fingerprint density at radius 3 is 2.52 bits per heavy atom. The van der Waals surface area contributed by atoms with Gasteiger partial charge in [-0.25, -0.2) is 0 Å². The van der Waals surface area contributed by atoms with Gasteiger partial charge in [-0.05, 0) is 11.3 Å². The van der Waals surface area contributed by atoms with Crippen LogP contribution < -0.4 is 0 Å². The van der Waals surface area contributed by atoms with Crippen molar-refractivity contribution in [2.75, 3.05) is 19.8 Å². The molecule has 0 bridgehead atoms. The summed E-state index contributed by atoms with van der Waals surface area (Å²) in [6.45, 7) is 2.08. The fourth-order valence-corrected chi connectivity index (χ4v) is 4.91. The molecule has 0 aliphatic carbocycles. The molecule has 0 radical (unpaired) electrons. The number of likely N-dealkylation sites (N-methyl/N-ethyl adjacent to an activating group) is 1. The zero-order chi connectivity index (χ0) is 15.2. The third kappa shape index (κ3) is 4.46. The van der Waals surface area contributed by atoms with Gasteiger partial charge in [0.25, 0.3) is 0 Å². The molecule has 2 rings (SSSR count). The molecule has 1 amide bonds. The fraction of sp³-hybridized carbons (Fsp3) is 0.357. The fourth-order valence-electron chi connectivity index (χ4n) is 1.65. The van der Waals surface area contributed by atoms with Gasteiger partial charge in [0.15, 0.2) is 8.68 Å². The standard InChI is InChI=1S/C14H17N3OS3/c1-4-19-13-15-16-14(21-13)20-11(12(18)17(2)3)10-8-6-5-7-9-10/h5-9,11H,4H2,1-3H3. The normalized spacial score (nSPS) is 12.1. The van der Waals surface area contributed by atoms with E-state index in [-0.39, 0.29) is 11.2 Å². The molecule has 21 heavy (non-hydrogen) atoms. The van der Waals surface area contributed by atoms with E-state index in [1.807, 2.05) is 30.3 Å². The van der Waals surface area contributed by atoms with Gasteiger partial charge in [0, 0.05) is 14.1 Å². The molecule has 112 valence electrons. The zero-order valence-corrected chi connectivity index (χ0v) is 14.6. The first kappa shape index (κ1) is 16.3. The summed E-state index contributed by atoms with van der Waals surface area (Å²) in [5.41, 5.74) is 0.987. The number of aromatic nitrogens is 2. The van der Waals surface area contributed by atoms with E-state index in [1.165, 1.54) is 11.8 Å². The zero-order valence-electron chi connectivity index (χ0n) is 12.1. The van der Waals surface area contributed by atoms with Crippen molar-refractivity contribution in [2.24, 2.45) is 0 Å². The summed E-state index contributed by atoms with van der Waals surface area (Å²) in [6.07, 6.45) is 0. The summed E-state index contributed by atoms with van der Waals surface area (Å²) in [5, 5.41) is 8.04. The molecular weight excluding hydrogens is 322 g/mol. The first-order valence-electron chi connectivity index (χ1n) is 6.51. The molecule has 0 saturated carbocycles. The van der Waals surface area contributed by atoms with Gasteiger partial charge in [0.1, 0.15) is 5.25 Å². The largest absolute Gasteiger partial charge is 0.348 e. The van der Waals surface area contributed by atoms with Gasteiger partial charge in [-0.15, -0.1) is 10.2 Å². The lowest BCUT2D eigenvalue weighted by atomic mass is 10.1. The maximum atomic E-state index is 12.4. The number of thioether (sulfide) groups is 2. The van der Waals surface area contributed by atoms with E-state index in [0.717, 1.165) is 20.0 Å². The smallest absolute Gasteiger partial charge is 0.240 e. The lowest BCUT2D eigenvalue weighted by Crippen LogP contribution is -2.26. The first-order chi connectivity index (χ1) is 10.1. The summed E-state index contributed by atoms with van der Waals surface area (Å²) in [4.78, 5) is 14.1. The summed E-state index contributed by atoms with van der Waals surface area (Å²) in [5.74, 6) is 1.03. The van der Waals surface area contributed by atoms with Crippen molar-refractivity contribution in [1.29, 1.82) is 0 Å². The minimum absolute atomic E-state index is 0.0612. The molecule has 1 atom stereocenters. The molecule has 2 aromatic rings. The highest BCUT2D eigenvalue weighted by Crippen LogP contribution is 2.39. The van der Waals surface area contributed by atoms with Gasteiger partial charge in [0.05, 0.1) is 0 Å². The Kier molecular flexibility index (Phi) is 6.08. The van der Waals surface area contributed by atoms with Crippen LogP contribution in [0.1, 0.15) is 17.7 Å². The second-order valence-electron chi connectivity index (χ2n) is 4.41. The van der Waals surface area contributed by atoms with Crippen molar-refractivity contribution in [3.63, 3.8) is 0 Å². The number of hydrogen-bond donors (Lipinski definition) is 0. The highest BCUT2D eigenvalue weighted by atomic mass is 32.2. The van der Waals surface area contributed by atoms with Crippen LogP contribution in [0, 0.1) is 0 Å². The second-order valence-corrected chi connectivity index (χ2v) is 8.25. The van der Waals surface area contributed by atoms with Crippen LogP contribution in [0.15, 0.2) is 39.0 Å². The number of rotatable bonds is 6. The molecule has 1 aromatic carbocycles. The van der Waals surface area contributed by atoms with Gasteiger partial charge >= 0.3 is 0 Å². The van der Waals surface area contributed by atoms with Crippen molar-refractivity contribution in [1.82, 2.24) is 15.1 Å². The lowest BCUT2D eigenvalue weighted by molar-refractivity contribution is -0.128. The number of nitrogens with zero attached hydrogens (tertiary/aromatic N) is 3. The molecule has 1 aromatic heterocycles. The van der Waals surface area contributed by atoms with E-state index in [4.69, 9.17) is 0 Å². The van der Waals surface area contributed by atoms with Gasteiger partial charge in [-0.2, -0.15) is 0 Å². The topological polar surface area (TPSA) is 46.1 Å². The van der Waals surface area contributed by atoms with E-state index in [0.29, 0.717) is 0 Å². The molecule has 1 heterocycles. The Morgan fingerprint density at radius 2 is 1.90 bits per heavy atom. The number of amides is 1. The molecule has 0 fully saturated rings. The average Bonchev–Trinajstić information content (AvgIpc) is 2.93. The highest BCUT2D eigenvalue weighted by Gasteiger charge is 2.25. The summed E-state index contributed by atoms with van der Waals surface area (Å²) < 4.78 is 1.78. The van der Waals surface area contributed by atoms with E-state index < -0.39 is 0 Å². The SMILES string of the molecule is CCSc1nnc(SC(C(=O)N(C)C)c2ccccc2)s1. The quantitative estimate of drug-likeness (QED) is 0.753. The minimum Gasteiger partial charge on any atom is -0.348 e. The van der Waals surface area contributed by atoms with Crippen molar-refractivity contribution >= 4 is 40.8 Å². The van der Waals surface area contributed by atoms with Crippen LogP contribution in [0.3, 0.4) is 0 Å². The van der Waals surface area contributed by atoms with E-state index >= 15 is 0 Å². The Labute approximate surface area is 137 Å². The lowest BCUT2D eigenvalue weighted by Gasteiger charge is -2.19. The van der Waals surface area contributed by atoms with Crippen molar-refractivity contribution in [3.05, 3.63) is 35.9 Å². The van der Waals surface area contributed by atoms with Crippen LogP contribution in [0.25, 0.3) is 0 Å². The number of hydrogen-bond acceptors (Lipinski definition) is 6. The molecule has 0 aliphatic heterocycles. The maximum absolute atomic E-state index is 12.4.